The first-order chi connectivity index (χ1) is 13.0. The molecule has 0 saturated heterocycles. The number of nitro groups is 1. The van der Waals surface area contributed by atoms with Crippen molar-refractivity contribution in [2.24, 2.45) is 0 Å². The molecule has 3 aromatic carbocycles. The van der Waals surface area contributed by atoms with Gasteiger partial charge in [-0.1, -0.05) is 36.4 Å². The maximum absolute atomic E-state index is 12.8. The highest BCUT2D eigenvalue weighted by molar-refractivity contribution is 6.10. The summed E-state index contributed by atoms with van der Waals surface area (Å²) in [7, 11) is 1.49. The molecule has 0 unspecified atom stereocenters. The molecule has 1 N–H and O–H groups in total. The van der Waals surface area contributed by atoms with E-state index >= 15 is 0 Å². The van der Waals surface area contributed by atoms with Gasteiger partial charge in [-0.3, -0.25) is 14.9 Å². The van der Waals surface area contributed by atoms with Crippen LogP contribution in [0.4, 0.5) is 17.1 Å². The average Bonchev–Trinajstić information content (AvgIpc) is 2.68. The molecule has 0 atom stereocenters. The number of ketones is 1. The predicted octanol–water partition coefficient (Wildman–Crippen LogP) is 4.89. The molecule has 0 fully saturated rings. The van der Waals surface area contributed by atoms with Crippen molar-refractivity contribution in [3.8, 4) is 5.75 Å². The van der Waals surface area contributed by atoms with Gasteiger partial charge in [-0.25, -0.2) is 0 Å². The van der Waals surface area contributed by atoms with E-state index in [0.717, 1.165) is 5.56 Å². The fourth-order valence-electron chi connectivity index (χ4n) is 2.80. The number of benzene rings is 3. The molecular formula is C21H18N2O4. The molecule has 0 radical (unpaired) electrons. The maximum atomic E-state index is 12.8. The van der Waals surface area contributed by atoms with Crippen molar-refractivity contribution in [1.82, 2.24) is 0 Å². The van der Waals surface area contributed by atoms with Crippen molar-refractivity contribution in [1.29, 1.82) is 0 Å². The molecule has 3 aromatic rings. The lowest BCUT2D eigenvalue weighted by atomic mass is 9.99. The molecule has 0 aliphatic rings. The third kappa shape index (κ3) is 3.79. The Kier molecular flexibility index (Phi) is 5.17. The molecule has 27 heavy (non-hydrogen) atoms. The average molecular weight is 362 g/mol. The molecule has 0 aliphatic heterocycles. The van der Waals surface area contributed by atoms with Crippen LogP contribution in [0.3, 0.4) is 0 Å². The summed E-state index contributed by atoms with van der Waals surface area (Å²) in [6, 6.07) is 18.7. The molecule has 136 valence electrons. The summed E-state index contributed by atoms with van der Waals surface area (Å²) in [5.74, 6) is 0.316. The van der Waals surface area contributed by atoms with Crippen molar-refractivity contribution in [2.45, 2.75) is 6.92 Å². The van der Waals surface area contributed by atoms with Crippen LogP contribution < -0.4 is 10.1 Å². The van der Waals surface area contributed by atoms with E-state index < -0.39 is 4.92 Å². The summed E-state index contributed by atoms with van der Waals surface area (Å²) in [6.07, 6.45) is 0. The van der Waals surface area contributed by atoms with E-state index in [9.17, 15) is 14.9 Å². The summed E-state index contributed by atoms with van der Waals surface area (Å²) in [6.45, 7) is 1.88. The Morgan fingerprint density at radius 1 is 1.00 bits per heavy atom. The highest BCUT2D eigenvalue weighted by Crippen LogP contribution is 2.33. The number of carbonyl (C=O) groups is 1. The summed E-state index contributed by atoms with van der Waals surface area (Å²) >= 11 is 0. The quantitative estimate of drug-likeness (QED) is 0.384. The minimum absolute atomic E-state index is 0.0420. The number of rotatable bonds is 6. The molecule has 0 aliphatic carbocycles. The number of anilines is 2. The summed E-state index contributed by atoms with van der Waals surface area (Å²) in [5, 5.41) is 14.2. The fourth-order valence-corrected chi connectivity index (χ4v) is 2.80. The van der Waals surface area contributed by atoms with Crippen LogP contribution in [0.25, 0.3) is 0 Å². The van der Waals surface area contributed by atoms with Crippen LogP contribution in [-0.2, 0) is 0 Å². The zero-order valence-electron chi connectivity index (χ0n) is 14.9. The minimum Gasteiger partial charge on any atom is -0.495 e. The Labute approximate surface area is 156 Å². The second kappa shape index (κ2) is 7.70. The molecule has 0 saturated carbocycles. The highest BCUT2D eigenvalue weighted by atomic mass is 16.6. The Hall–Kier alpha value is -3.67. The Balaban J connectivity index is 1.95. The molecule has 3 rings (SSSR count). The molecule has 0 spiro atoms. The number of ether oxygens (including phenoxy) is 1. The normalized spacial score (nSPS) is 10.3. The zero-order valence-corrected chi connectivity index (χ0v) is 14.9. The van der Waals surface area contributed by atoms with E-state index in [-0.39, 0.29) is 11.5 Å². The molecule has 6 heteroatoms. The van der Waals surface area contributed by atoms with Gasteiger partial charge in [-0.2, -0.15) is 0 Å². The lowest BCUT2D eigenvalue weighted by Crippen LogP contribution is -2.05. The van der Waals surface area contributed by atoms with Gasteiger partial charge in [0.2, 0.25) is 0 Å². The zero-order chi connectivity index (χ0) is 19.4. The van der Waals surface area contributed by atoms with Crippen LogP contribution in [0, 0.1) is 17.0 Å². The SMILES string of the molecule is COc1cc(C(=O)c2ccccc2C)ccc1Nc1ccccc1[N+](=O)[O-]. The molecular weight excluding hydrogens is 344 g/mol. The highest BCUT2D eigenvalue weighted by Gasteiger charge is 2.17. The number of para-hydroxylation sites is 2. The monoisotopic (exact) mass is 362 g/mol. The van der Waals surface area contributed by atoms with E-state index in [4.69, 9.17) is 4.74 Å². The minimum atomic E-state index is -0.453. The first kappa shape index (κ1) is 18.1. The number of carbonyl (C=O) groups excluding carboxylic acids is 1. The molecule has 0 bridgehead atoms. The smallest absolute Gasteiger partial charge is 0.292 e. The number of methoxy groups -OCH3 is 1. The van der Waals surface area contributed by atoms with Crippen molar-refractivity contribution in [3.05, 3.63) is 93.5 Å². The third-order valence-corrected chi connectivity index (χ3v) is 4.22. The summed E-state index contributed by atoms with van der Waals surface area (Å²) < 4.78 is 5.39. The largest absolute Gasteiger partial charge is 0.495 e. The topological polar surface area (TPSA) is 81.5 Å². The molecule has 0 heterocycles. The van der Waals surface area contributed by atoms with Gasteiger partial charge in [0.05, 0.1) is 17.7 Å². The van der Waals surface area contributed by atoms with Gasteiger partial charge in [0.1, 0.15) is 11.4 Å². The van der Waals surface area contributed by atoms with Crippen molar-refractivity contribution in [3.63, 3.8) is 0 Å². The van der Waals surface area contributed by atoms with Crippen LogP contribution in [0.1, 0.15) is 21.5 Å². The van der Waals surface area contributed by atoms with Crippen molar-refractivity contribution < 1.29 is 14.5 Å². The standard InChI is InChI=1S/C21H18N2O4/c1-14-7-3-4-8-16(14)21(24)15-11-12-18(20(13-15)27-2)22-17-9-5-6-10-19(17)23(25)26/h3-13,22H,1-2H3. The number of aryl methyl sites for hydroxylation is 1. The Morgan fingerprint density at radius 3 is 2.41 bits per heavy atom. The number of nitrogens with one attached hydrogen (secondary N) is 1. The second-order valence-electron chi connectivity index (χ2n) is 5.96. The third-order valence-electron chi connectivity index (χ3n) is 4.22. The number of nitro benzene ring substituents is 1. The molecule has 0 aromatic heterocycles. The lowest BCUT2D eigenvalue weighted by Gasteiger charge is -2.13. The van der Waals surface area contributed by atoms with Crippen LogP contribution >= 0.6 is 0 Å². The first-order valence-electron chi connectivity index (χ1n) is 8.30. The van der Waals surface area contributed by atoms with Gasteiger partial charge in [0, 0.05) is 17.2 Å². The van der Waals surface area contributed by atoms with E-state index in [1.807, 2.05) is 25.1 Å². The van der Waals surface area contributed by atoms with Crippen LogP contribution in [0.5, 0.6) is 5.75 Å². The Morgan fingerprint density at radius 2 is 1.70 bits per heavy atom. The summed E-state index contributed by atoms with van der Waals surface area (Å²) in [4.78, 5) is 23.5. The van der Waals surface area contributed by atoms with E-state index in [2.05, 4.69) is 5.32 Å². The first-order valence-corrected chi connectivity index (χ1v) is 8.30. The fraction of sp³-hybridized carbons (Fsp3) is 0.0952. The summed E-state index contributed by atoms with van der Waals surface area (Å²) in [5.41, 5.74) is 2.84. The van der Waals surface area contributed by atoms with E-state index in [1.165, 1.54) is 13.2 Å². The van der Waals surface area contributed by atoms with Gasteiger partial charge >= 0.3 is 0 Å². The van der Waals surface area contributed by atoms with E-state index in [0.29, 0.717) is 28.3 Å². The van der Waals surface area contributed by atoms with Crippen LogP contribution in [0.2, 0.25) is 0 Å². The maximum Gasteiger partial charge on any atom is 0.292 e. The number of hydrogen-bond donors (Lipinski definition) is 1. The molecule has 6 nitrogen and oxygen atoms in total. The van der Waals surface area contributed by atoms with Crippen LogP contribution in [0.15, 0.2) is 66.7 Å². The van der Waals surface area contributed by atoms with Gasteiger partial charge < -0.3 is 10.1 Å². The van der Waals surface area contributed by atoms with Gasteiger partial charge in [0.15, 0.2) is 5.78 Å². The number of hydrogen-bond acceptors (Lipinski definition) is 5. The second-order valence-corrected chi connectivity index (χ2v) is 5.96. The van der Waals surface area contributed by atoms with E-state index in [1.54, 1.807) is 42.5 Å². The Bertz CT molecular complexity index is 1010. The van der Waals surface area contributed by atoms with Gasteiger partial charge in [0.25, 0.3) is 5.69 Å². The van der Waals surface area contributed by atoms with Gasteiger partial charge in [-0.15, -0.1) is 0 Å². The lowest BCUT2D eigenvalue weighted by molar-refractivity contribution is -0.383. The van der Waals surface area contributed by atoms with Crippen LogP contribution in [-0.4, -0.2) is 17.8 Å². The van der Waals surface area contributed by atoms with Crippen molar-refractivity contribution >= 4 is 22.8 Å². The van der Waals surface area contributed by atoms with Crippen molar-refractivity contribution in [2.75, 3.05) is 12.4 Å². The van der Waals surface area contributed by atoms with Gasteiger partial charge in [-0.05, 0) is 36.8 Å². The molecule has 0 amide bonds. The predicted molar refractivity (Wildman–Crippen MR) is 104 cm³/mol. The number of nitrogens with zero attached hydrogens (tertiary/aromatic N) is 1.